The Morgan fingerprint density at radius 3 is 2.61 bits per heavy atom. The first-order valence-corrected chi connectivity index (χ1v) is 5.43. The summed E-state index contributed by atoms with van der Waals surface area (Å²) in [5, 5.41) is 9.76. The summed E-state index contributed by atoms with van der Waals surface area (Å²) in [5.74, 6) is 1.58. The first kappa shape index (κ1) is 12.1. The van der Waals surface area contributed by atoms with E-state index in [0.717, 1.165) is 5.69 Å². The van der Waals surface area contributed by atoms with Crippen LogP contribution in [0.3, 0.4) is 0 Å². The molecule has 0 atom stereocenters. The quantitative estimate of drug-likeness (QED) is 0.795. The molecule has 2 heterocycles. The van der Waals surface area contributed by atoms with Gasteiger partial charge in [-0.3, -0.25) is 0 Å². The third-order valence-corrected chi connectivity index (χ3v) is 2.17. The van der Waals surface area contributed by atoms with Crippen molar-refractivity contribution < 1.29 is 4.52 Å². The lowest BCUT2D eigenvalue weighted by atomic mass is 10.4. The molecule has 0 unspecified atom stereocenters. The van der Waals surface area contributed by atoms with Gasteiger partial charge in [-0.2, -0.15) is 15.0 Å². The third-order valence-electron chi connectivity index (χ3n) is 2.17. The molecule has 0 saturated heterocycles. The van der Waals surface area contributed by atoms with Crippen molar-refractivity contribution >= 4 is 17.8 Å². The van der Waals surface area contributed by atoms with Crippen LogP contribution in [0.25, 0.3) is 0 Å². The Balaban J connectivity index is 2.13. The fraction of sp³-hybridized carbons (Fsp3) is 0.400. The Bertz CT molecular complexity index is 497. The van der Waals surface area contributed by atoms with E-state index in [1.54, 1.807) is 13.1 Å². The van der Waals surface area contributed by atoms with Gasteiger partial charge in [0.1, 0.15) is 12.0 Å². The fourth-order valence-corrected chi connectivity index (χ4v) is 1.25. The van der Waals surface area contributed by atoms with Gasteiger partial charge in [0.05, 0.1) is 6.54 Å². The smallest absolute Gasteiger partial charge is 0.231 e. The highest BCUT2D eigenvalue weighted by Gasteiger charge is 2.07. The van der Waals surface area contributed by atoms with Crippen molar-refractivity contribution in [3.05, 3.63) is 18.0 Å². The van der Waals surface area contributed by atoms with E-state index in [1.165, 1.54) is 6.26 Å². The predicted molar refractivity (Wildman–Crippen MR) is 67.5 cm³/mol. The van der Waals surface area contributed by atoms with Gasteiger partial charge in [0.15, 0.2) is 0 Å². The van der Waals surface area contributed by atoms with E-state index < -0.39 is 0 Å². The molecule has 0 bridgehead atoms. The van der Waals surface area contributed by atoms with Gasteiger partial charge in [0.2, 0.25) is 17.8 Å². The molecule has 0 fully saturated rings. The van der Waals surface area contributed by atoms with Crippen LogP contribution in [0.15, 0.2) is 16.9 Å². The second kappa shape index (κ2) is 5.30. The summed E-state index contributed by atoms with van der Waals surface area (Å²) in [6.45, 7) is 0.497. The summed E-state index contributed by atoms with van der Waals surface area (Å²) in [6, 6.07) is 1.78. The number of rotatable bonds is 5. The maximum atomic E-state index is 4.75. The van der Waals surface area contributed by atoms with E-state index in [2.05, 4.69) is 30.7 Å². The maximum Gasteiger partial charge on any atom is 0.231 e. The van der Waals surface area contributed by atoms with Crippen molar-refractivity contribution in [2.45, 2.75) is 6.54 Å². The van der Waals surface area contributed by atoms with Gasteiger partial charge in [-0.15, -0.1) is 0 Å². The van der Waals surface area contributed by atoms with Crippen LogP contribution in [0, 0.1) is 0 Å². The molecule has 0 aromatic carbocycles. The second-order valence-corrected chi connectivity index (χ2v) is 3.77. The largest absolute Gasteiger partial charge is 0.364 e. The first-order valence-electron chi connectivity index (χ1n) is 5.43. The molecule has 8 heteroatoms. The van der Waals surface area contributed by atoms with Crippen molar-refractivity contribution in [1.82, 2.24) is 20.1 Å². The highest BCUT2D eigenvalue weighted by molar-refractivity contribution is 5.42. The number of aromatic nitrogens is 4. The molecule has 2 rings (SSSR count). The van der Waals surface area contributed by atoms with Gasteiger partial charge in [0.25, 0.3) is 0 Å². The number of anilines is 3. The molecule has 0 aliphatic heterocycles. The summed E-state index contributed by atoms with van der Waals surface area (Å²) in [5.41, 5.74) is 0.785. The number of hydrogen-bond donors (Lipinski definition) is 2. The summed E-state index contributed by atoms with van der Waals surface area (Å²) in [4.78, 5) is 14.5. The highest BCUT2D eigenvalue weighted by atomic mass is 16.5. The van der Waals surface area contributed by atoms with Gasteiger partial charge in [-0.25, -0.2) is 0 Å². The summed E-state index contributed by atoms with van der Waals surface area (Å²) >= 11 is 0. The van der Waals surface area contributed by atoms with E-state index >= 15 is 0 Å². The predicted octanol–water partition coefficient (Wildman–Crippen LogP) is 0.579. The molecule has 0 spiro atoms. The minimum atomic E-state index is 0.487. The Morgan fingerprint density at radius 2 is 2.00 bits per heavy atom. The molecule has 96 valence electrons. The lowest BCUT2D eigenvalue weighted by Crippen LogP contribution is -2.16. The average Bonchev–Trinajstić information content (AvgIpc) is 2.89. The normalized spacial score (nSPS) is 10.2. The van der Waals surface area contributed by atoms with Crippen LogP contribution in [-0.2, 0) is 6.54 Å². The molecule has 0 aliphatic carbocycles. The standard InChI is InChI=1S/C10H15N7O/c1-11-8-13-9(15-10(14-8)17(2)3)12-6-7-4-5-18-16-7/h4-5H,6H2,1-3H3,(H2,11,12,13,14,15). The van der Waals surface area contributed by atoms with Gasteiger partial charge >= 0.3 is 0 Å². The summed E-state index contributed by atoms with van der Waals surface area (Å²) in [7, 11) is 5.50. The van der Waals surface area contributed by atoms with Crippen LogP contribution in [0.1, 0.15) is 5.69 Å². The van der Waals surface area contributed by atoms with Crippen LogP contribution in [0.5, 0.6) is 0 Å². The minimum Gasteiger partial charge on any atom is -0.364 e. The Labute approximate surface area is 104 Å². The molecule has 0 radical (unpaired) electrons. The van der Waals surface area contributed by atoms with Crippen molar-refractivity contribution in [2.75, 3.05) is 36.7 Å². The molecule has 2 aromatic heterocycles. The van der Waals surface area contributed by atoms with Gasteiger partial charge in [-0.1, -0.05) is 5.16 Å². The van der Waals surface area contributed by atoms with Crippen LogP contribution in [0.4, 0.5) is 17.8 Å². The zero-order valence-electron chi connectivity index (χ0n) is 10.5. The van der Waals surface area contributed by atoms with Gasteiger partial charge < -0.3 is 20.1 Å². The lowest BCUT2D eigenvalue weighted by Gasteiger charge is -2.12. The molecule has 18 heavy (non-hydrogen) atoms. The molecular formula is C10H15N7O. The first-order chi connectivity index (χ1) is 8.69. The maximum absolute atomic E-state index is 4.75. The van der Waals surface area contributed by atoms with Crippen molar-refractivity contribution in [1.29, 1.82) is 0 Å². The highest BCUT2D eigenvalue weighted by Crippen LogP contribution is 2.11. The van der Waals surface area contributed by atoms with Crippen molar-refractivity contribution in [3.63, 3.8) is 0 Å². The average molecular weight is 249 g/mol. The van der Waals surface area contributed by atoms with E-state index in [1.807, 2.05) is 19.0 Å². The minimum absolute atomic E-state index is 0.487. The van der Waals surface area contributed by atoms with Gasteiger partial charge in [-0.05, 0) is 0 Å². The molecule has 2 aromatic rings. The number of nitrogens with zero attached hydrogens (tertiary/aromatic N) is 5. The van der Waals surface area contributed by atoms with Crippen LogP contribution in [0.2, 0.25) is 0 Å². The van der Waals surface area contributed by atoms with Gasteiger partial charge in [0, 0.05) is 27.2 Å². The van der Waals surface area contributed by atoms with Crippen molar-refractivity contribution in [2.24, 2.45) is 0 Å². The van der Waals surface area contributed by atoms with E-state index in [9.17, 15) is 0 Å². The number of hydrogen-bond acceptors (Lipinski definition) is 8. The molecule has 8 nitrogen and oxygen atoms in total. The fourth-order valence-electron chi connectivity index (χ4n) is 1.25. The Kier molecular flexibility index (Phi) is 3.56. The molecule has 2 N–H and O–H groups in total. The van der Waals surface area contributed by atoms with E-state index in [4.69, 9.17) is 4.52 Å². The van der Waals surface area contributed by atoms with E-state index in [0.29, 0.717) is 24.4 Å². The Hall–Kier alpha value is -2.38. The van der Waals surface area contributed by atoms with Crippen LogP contribution in [-0.4, -0.2) is 41.3 Å². The van der Waals surface area contributed by atoms with Crippen LogP contribution >= 0.6 is 0 Å². The molecule has 0 amide bonds. The lowest BCUT2D eigenvalue weighted by molar-refractivity contribution is 0.412. The summed E-state index contributed by atoms with van der Waals surface area (Å²) < 4.78 is 4.75. The topological polar surface area (TPSA) is 92.0 Å². The van der Waals surface area contributed by atoms with Crippen LogP contribution < -0.4 is 15.5 Å². The summed E-state index contributed by atoms with van der Waals surface area (Å²) in [6.07, 6.45) is 1.52. The number of nitrogens with one attached hydrogen (secondary N) is 2. The third kappa shape index (κ3) is 2.84. The molecular weight excluding hydrogens is 234 g/mol. The monoisotopic (exact) mass is 249 g/mol. The second-order valence-electron chi connectivity index (χ2n) is 3.77. The molecule has 0 aliphatic rings. The van der Waals surface area contributed by atoms with Crippen molar-refractivity contribution in [3.8, 4) is 0 Å². The zero-order valence-corrected chi connectivity index (χ0v) is 10.5. The Morgan fingerprint density at radius 1 is 1.22 bits per heavy atom. The SMILES string of the molecule is CNc1nc(NCc2ccon2)nc(N(C)C)n1. The molecule has 0 saturated carbocycles. The zero-order chi connectivity index (χ0) is 13.0. The van der Waals surface area contributed by atoms with E-state index in [-0.39, 0.29) is 0 Å².